The zero-order chi connectivity index (χ0) is 15.2. The molecule has 0 spiro atoms. The van der Waals surface area contributed by atoms with Crippen molar-refractivity contribution in [1.29, 1.82) is 0 Å². The molecule has 1 aromatic carbocycles. The van der Waals surface area contributed by atoms with Crippen molar-refractivity contribution in [2.45, 2.75) is 38.1 Å². The molecule has 21 heavy (non-hydrogen) atoms. The highest BCUT2D eigenvalue weighted by Crippen LogP contribution is 2.27. The second kappa shape index (κ2) is 7.59. The molecule has 0 saturated heterocycles. The van der Waals surface area contributed by atoms with Crippen LogP contribution >= 0.6 is 15.9 Å². The van der Waals surface area contributed by atoms with E-state index in [1.165, 1.54) is 13.5 Å². The van der Waals surface area contributed by atoms with E-state index in [4.69, 9.17) is 4.74 Å². The first-order chi connectivity index (χ1) is 10.1. The van der Waals surface area contributed by atoms with Gasteiger partial charge in [0.1, 0.15) is 6.04 Å². The van der Waals surface area contributed by atoms with E-state index in [0.29, 0.717) is 5.56 Å². The largest absolute Gasteiger partial charge is 0.467 e. The number of hydrogen-bond acceptors (Lipinski definition) is 3. The Balaban J connectivity index is 2.10. The fourth-order valence-corrected chi connectivity index (χ4v) is 3.22. The van der Waals surface area contributed by atoms with Gasteiger partial charge in [0, 0.05) is 10.0 Å². The normalized spacial score (nSPS) is 17.0. The Morgan fingerprint density at radius 1 is 1.29 bits per heavy atom. The summed E-state index contributed by atoms with van der Waals surface area (Å²) in [7, 11) is 1.36. The third-order valence-corrected chi connectivity index (χ3v) is 4.44. The maximum Gasteiger partial charge on any atom is 0.328 e. The van der Waals surface area contributed by atoms with Gasteiger partial charge in [-0.1, -0.05) is 41.3 Å². The van der Waals surface area contributed by atoms with Gasteiger partial charge in [-0.3, -0.25) is 4.79 Å². The Morgan fingerprint density at radius 2 is 2.00 bits per heavy atom. The Kier molecular flexibility index (Phi) is 5.79. The third-order valence-electron chi connectivity index (χ3n) is 3.95. The van der Waals surface area contributed by atoms with Gasteiger partial charge in [0.05, 0.1) is 7.11 Å². The first-order valence-electron chi connectivity index (χ1n) is 7.26. The number of carbonyl (C=O) groups excluding carboxylic acids is 2. The van der Waals surface area contributed by atoms with E-state index in [1.54, 1.807) is 18.2 Å². The number of rotatable bonds is 4. The van der Waals surface area contributed by atoms with Gasteiger partial charge in [0.15, 0.2) is 0 Å². The topological polar surface area (TPSA) is 55.4 Å². The molecule has 0 aliphatic heterocycles. The number of ether oxygens (including phenoxy) is 1. The Labute approximate surface area is 133 Å². The fraction of sp³-hybridized carbons (Fsp3) is 0.500. The van der Waals surface area contributed by atoms with Gasteiger partial charge in [-0.15, -0.1) is 0 Å². The second-order valence-corrected chi connectivity index (χ2v) is 6.30. The summed E-state index contributed by atoms with van der Waals surface area (Å²) in [5, 5.41) is 2.85. The number of halogens is 1. The third kappa shape index (κ3) is 4.30. The molecule has 1 saturated carbocycles. The van der Waals surface area contributed by atoms with Gasteiger partial charge in [0.2, 0.25) is 0 Å². The van der Waals surface area contributed by atoms with Crippen molar-refractivity contribution in [3.8, 4) is 0 Å². The molecule has 4 nitrogen and oxygen atoms in total. The number of hydrogen-bond donors (Lipinski definition) is 1. The number of carbonyl (C=O) groups is 2. The lowest BCUT2D eigenvalue weighted by molar-refractivity contribution is -0.144. The van der Waals surface area contributed by atoms with Crippen molar-refractivity contribution in [1.82, 2.24) is 5.32 Å². The number of amides is 1. The first-order valence-corrected chi connectivity index (χ1v) is 8.05. The highest BCUT2D eigenvalue weighted by Gasteiger charge is 2.31. The zero-order valence-electron chi connectivity index (χ0n) is 12.1. The van der Waals surface area contributed by atoms with Crippen molar-refractivity contribution in [3.05, 3.63) is 34.3 Å². The lowest BCUT2D eigenvalue weighted by Gasteiger charge is -2.29. The molecule has 0 heterocycles. The van der Waals surface area contributed by atoms with Crippen LogP contribution in [0.5, 0.6) is 0 Å². The minimum absolute atomic E-state index is 0.169. The standard InChI is InChI=1S/C16H20BrNO3/c1-21-16(20)14(11-6-3-2-4-7-11)18-15(19)12-8-5-9-13(17)10-12/h5,8-11,14H,2-4,6-7H2,1H3,(H,18,19)/t14-/m0/s1. The smallest absolute Gasteiger partial charge is 0.328 e. The highest BCUT2D eigenvalue weighted by atomic mass is 79.9. The summed E-state index contributed by atoms with van der Waals surface area (Å²) < 4.78 is 5.70. The zero-order valence-corrected chi connectivity index (χ0v) is 13.7. The van der Waals surface area contributed by atoms with E-state index >= 15 is 0 Å². The molecular formula is C16H20BrNO3. The quantitative estimate of drug-likeness (QED) is 0.844. The van der Waals surface area contributed by atoms with Gasteiger partial charge in [-0.05, 0) is 37.0 Å². The summed E-state index contributed by atoms with van der Waals surface area (Å²) >= 11 is 3.34. The molecule has 0 aromatic heterocycles. The molecule has 0 bridgehead atoms. The molecule has 0 radical (unpaired) electrons. The van der Waals surface area contributed by atoms with Crippen molar-refractivity contribution in [2.24, 2.45) is 5.92 Å². The van der Waals surface area contributed by atoms with Crippen molar-refractivity contribution >= 4 is 27.8 Å². The summed E-state index contributed by atoms with van der Waals surface area (Å²) in [5.41, 5.74) is 0.536. The lowest BCUT2D eigenvalue weighted by atomic mass is 9.83. The summed E-state index contributed by atoms with van der Waals surface area (Å²) in [6.45, 7) is 0. The molecule has 114 valence electrons. The van der Waals surface area contributed by atoms with Crippen LogP contribution in [0.15, 0.2) is 28.7 Å². The van der Waals surface area contributed by atoms with E-state index in [9.17, 15) is 9.59 Å². The summed E-state index contributed by atoms with van der Waals surface area (Å²) in [5.74, 6) is -0.426. The average Bonchev–Trinajstić information content (AvgIpc) is 2.52. The van der Waals surface area contributed by atoms with Gasteiger partial charge >= 0.3 is 5.97 Å². The molecule has 1 amide bonds. The van der Waals surface area contributed by atoms with Crippen LogP contribution in [0.3, 0.4) is 0 Å². The van der Waals surface area contributed by atoms with E-state index in [2.05, 4.69) is 21.2 Å². The summed E-state index contributed by atoms with van der Waals surface area (Å²) in [4.78, 5) is 24.3. The number of esters is 1. The SMILES string of the molecule is COC(=O)[C@@H](NC(=O)c1cccc(Br)c1)C1CCCCC1. The van der Waals surface area contributed by atoms with Crippen LogP contribution in [-0.4, -0.2) is 25.0 Å². The Bertz CT molecular complexity index is 512. The molecule has 2 rings (SSSR count). The van der Waals surface area contributed by atoms with Gasteiger partial charge in [-0.2, -0.15) is 0 Å². The number of methoxy groups -OCH3 is 1. The fourth-order valence-electron chi connectivity index (χ4n) is 2.82. The maximum atomic E-state index is 12.3. The van der Waals surface area contributed by atoms with Crippen molar-refractivity contribution < 1.29 is 14.3 Å². The van der Waals surface area contributed by atoms with E-state index in [0.717, 1.165) is 30.2 Å². The van der Waals surface area contributed by atoms with E-state index in [-0.39, 0.29) is 17.8 Å². The Hall–Kier alpha value is -1.36. The molecule has 1 aromatic rings. The van der Waals surface area contributed by atoms with Crippen LogP contribution in [0.4, 0.5) is 0 Å². The lowest BCUT2D eigenvalue weighted by Crippen LogP contribution is -2.47. The highest BCUT2D eigenvalue weighted by molar-refractivity contribution is 9.10. The predicted molar refractivity (Wildman–Crippen MR) is 84.0 cm³/mol. The number of benzene rings is 1. The molecule has 1 fully saturated rings. The summed E-state index contributed by atoms with van der Waals surface area (Å²) in [6, 6.07) is 6.57. The molecule has 1 N–H and O–H groups in total. The van der Waals surface area contributed by atoms with Crippen LogP contribution in [0, 0.1) is 5.92 Å². The average molecular weight is 354 g/mol. The van der Waals surface area contributed by atoms with E-state index < -0.39 is 6.04 Å². The van der Waals surface area contributed by atoms with Crippen LogP contribution in [0.1, 0.15) is 42.5 Å². The first kappa shape index (κ1) is 16.0. The molecule has 1 atom stereocenters. The molecule has 5 heteroatoms. The van der Waals surface area contributed by atoms with Crippen LogP contribution < -0.4 is 5.32 Å². The molecule has 1 aliphatic carbocycles. The van der Waals surface area contributed by atoms with Crippen LogP contribution in [0.25, 0.3) is 0 Å². The predicted octanol–water partition coefficient (Wildman–Crippen LogP) is 3.30. The maximum absolute atomic E-state index is 12.3. The molecule has 1 aliphatic rings. The minimum Gasteiger partial charge on any atom is -0.467 e. The van der Waals surface area contributed by atoms with Gasteiger partial charge in [0.25, 0.3) is 5.91 Å². The minimum atomic E-state index is -0.554. The van der Waals surface area contributed by atoms with Crippen LogP contribution in [0.2, 0.25) is 0 Å². The second-order valence-electron chi connectivity index (χ2n) is 5.38. The molecule has 0 unspecified atom stereocenters. The van der Waals surface area contributed by atoms with Gasteiger partial charge in [-0.25, -0.2) is 4.79 Å². The monoisotopic (exact) mass is 353 g/mol. The van der Waals surface area contributed by atoms with Crippen LogP contribution in [-0.2, 0) is 9.53 Å². The summed E-state index contributed by atoms with van der Waals surface area (Å²) in [6.07, 6.45) is 5.32. The number of nitrogens with one attached hydrogen (secondary N) is 1. The molecular weight excluding hydrogens is 334 g/mol. The van der Waals surface area contributed by atoms with E-state index in [1.807, 2.05) is 6.07 Å². The van der Waals surface area contributed by atoms with Crippen molar-refractivity contribution in [2.75, 3.05) is 7.11 Å². The Morgan fingerprint density at radius 3 is 2.62 bits per heavy atom. The van der Waals surface area contributed by atoms with Crippen molar-refractivity contribution in [3.63, 3.8) is 0 Å². The van der Waals surface area contributed by atoms with Gasteiger partial charge < -0.3 is 10.1 Å².